The molecule has 1 aromatic carbocycles. The third-order valence-electron chi connectivity index (χ3n) is 4.05. The zero-order valence-corrected chi connectivity index (χ0v) is 17.3. The van der Waals surface area contributed by atoms with E-state index in [9.17, 15) is 9.59 Å². The van der Waals surface area contributed by atoms with Crippen LogP contribution in [0.3, 0.4) is 0 Å². The van der Waals surface area contributed by atoms with E-state index in [1.165, 1.54) is 0 Å². The van der Waals surface area contributed by atoms with Crippen LogP contribution in [0, 0.1) is 6.92 Å². The van der Waals surface area contributed by atoms with Gasteiger partial charge in [0.25, 0.3) is 0 Å². The summed E-state index contributed by atoms with van der Waals surface area (Å²) in [4.78, 5) is 28.2. The Morgan fingerprint density at radius 1 is 1.07 bits per heavy atom. The van der Waals surface area contributed by atoms with Crippen LogP contribution in [0.4, 0.5) is 0 Å². The Kier molecular flexibility index (Phi) is 7.40. The van der Waals surface area contributed by atoms with Gasteiger partial charge in [-0.2, -0.15) is 0 Å². The van der Waals surface area contributed by atoms with Gasteiger partial charge >= 0.3 is 11.9 Å². The van der Waals surface area contributed by atoms with Gasteiger partial charge in [-0.3, -0.25) is 0 Å². The van der Waals surface area contributed by atoms with Crippen LogP contribution in [0.1, 0.15) is 71.8 Å². The maximum atomic E-state index is 12.8. The number of aromatic nitrogens is 1. The van der Waals surface area contributed by atoms with Gasteiger partial charge in [-0.1, -0.05) is 37.3 Å². The Morgan fingerprint density at radius 3 is 2.36 bits per heavy atom. The average molecular weight is 386 g/mol. The molecule has 0 unspecified atom stereocenters. The van der Waals surface area contributed by atoms with E-state index in [-0.39, 0.29) is 0 Å². The minimum absolute atomic E-state index is 0.297. The molecule has 0 saturated heterocycles. The van der Waals surface area contributed by atoms with E-state index in [4.69, 9.17) is 9.47 Å². The van der Waals surface area contributed by atoms with Gasteiger partial charge in [0.1, 0.15) is 11.3 Å². The summed E-state index contributed by atoms with van der Waals surface area (Å²) >= 11 is 0. The molecule has 0 fully saturated rings. The largest absolute Gasteiger partial charge is 0.461 e. The maximum absolute atomic E-state index is 12.8. The topological polar surface area (TPSA) is 80.4 Å². The number of carbonyl (C=O) groups is 2. The van der Waals surface area contributed by atoms with Crippen molar-refractivity contribution in [1.82, 2.24) is 10.3 Å². The molecule has 1 aromatic heterocycles. The first-order valence-electron chi connectivity index (χ1n) is 9.59. The van der Waals surface area contributed by atoms with E-state index in [1.807, 2.05) is 58.0 Å². The molecule has 0 spiro atoms. The molecular formula is C22H30N2O4. The predicted molar refractivity (Wildman–Crippen MR) is 108 cm³/mol. The summed E-state index contributed by atoms with van der Waals surface area (Å²) in [6.45, 7) is 10.5. The highest BCUT2D eigenvalue weighted by atomic mass is 16.6. The van der Waals surface area contributed by atoms with Gasteiger partial charge in [0.15, 0.2) is 0 Å². The lowest BCUT2D eigenvalue weighted by Crippen LogP contribution is -2.25. The van der Waals surface area contributed by atoms with Gasteiger partial charge in [-0.05, 0) is 45.2 Å². The quantitative estimate of drug-likeness (QED) is 0.667. The summed E-state index contributed by atoms with van der Waals surface area (Å²) in [6, 6.07) is 9.96. The standard InChI is InChI=1S/C22H30N2O4/c1-6-12-27-21(26)19-15(2)18(20(25)28-22(3,4)5)17(24-19)14-23-13-16-10-8-7-9-11-16/h7-11,23-24H,6,12-14H2,1-5H3. The van der Waals surface area contributed by atoms with E-state index in [0.717, 1.165) is 12.0 Å². The lowest BCUT2D eigenvalue weighted by molar-refractivity contribution is 0.00676. The fourth-order valence-corrected chi connectivity index (χ4v) is 2.80. The Labute approximate surface area is 166 Å². The van der Waals surface area contributed by atoms with Crippen LogP contribution >= 0.6 is 0 Å². The summed E-state index contributed by atoms with van der Waals surface area (Å²) in [5.74, 6) is -0.911. The third-order valence-corrected chi connectivity index (χ3v) is 4.05. The number of carbonyl (C=O) groups excluding carboxylic acids is 2. The first-order valence-corrected chi connectivity index (χ1v) is 9.59. The van der Waals surface area contributed by atoms with E-state index in [2.05, 4.69) is 10.3 Å². The van der Waals surface area contributed by atoms with Crippen LogP contribution in [0.5, 0.6) is 0 Å². The second-order valence-electron chi connectivity index (χ2n) is 7.71. The van der Waals surface area contributed by atoms with Crippen molar-refractivity contribution in [3.63, 3.8) is 0 Å². The molecule has 0 radical (unpaired) electrons. The fourth-order valence-electron chi connectivity index (χ4n) is 2.80. The Bertz CT molecular complexity index is 804. The molecule has 0 saturated carbocycles. The van der Waals surface area contributed by atoms with Crippen molar-refractivity contribution in [2.24, 2.45) is 0 Å². The number of rotatable bonds is 8. The number of ether oxygens (including phenoxy) is 2. The number of aromatic amines is 1. The smallest absolute Gasteiger partial charge is 0.355 e. The normalized spacial score (nSPS) is 11.3. The number of hydrogen-bond donors (Lipinski definition) is 2. The molecule has 0 aliphatic rings. The summed E-state index contributed by atoms with van der Waals surface area (Å²) in [6.07, 6.45) is 0.732. The first-order chi connectivity index (χ1) is 13.2. The molecule has 28 heavy (non-hydrogen) atoms. The predicted octanol–water partition coefficient (Wildman–Crippen LogP) is 4.14. The lowest BCUT2D eigenvalue weighted by Gasteiger charge is -2.20. The van der Waals surface area contributed by atoms with E-state index >= 15 is 0 Å². The Morgan fingerprint density at radius 2 is 1.75 bits per heavy atom. The minimum atomic E-state index is -0.627. The second kappa shape index (κ2) is 9.55. The van der Waals surface area contributed by atoms with Crippen LogP contribution in [0.2, 0.25) is 0 Å². The molecule has 2 rings (SSSR count). The zero-order chi connectivity index (χ0) is 20.7. The average Bonchev–Trinajstić information content (AvgIpc) is 2.95. The molecule has 1 heterocycles. The number of esters is 2. The molecule has 2 N–H and O–H groups in total. The van der Waals surface area contributed by atoms with Crippen LogP contribution in [-0.4, -0.2) is 29.1 Å². The molecule has 152 valence electrons. The highest BCUT2D eigenvalue weighted by Crippen LogP contribution is 2.23. The van der Waals surface area contributed by atoms with Crippen molar-refractivity contribution in [3.05, 3.63) is 58.4 Å². The highest BCUT2D eigenvalue weighted by molar-refractivity contribution is 5.98. The van der Waals surface area contributed by atoms with Gasteiger partial charge in [0.05, 0.1) is 12.2 Å². The van der Waals surface area contributed by atoms with Crippen LogP contribution in [0.25, 0.3) is 0 Å². The van der Waals surface area contributed by atoms with Crippen molar-refractivity contribution in [3.8, 4) is 0 Å². The molecule has 0 aliphatic heterocycles. The lowest BCUT2D eigenvalue weighted by atomic mass is 10.1. The van der Waals surface area contributed by atoms with Crippen LogP contribution in [0.15, 0.2) is 30.3 Å². The fraction of sp³-hybridized carbons (Fsp3) is 0.455. The third kappa shape index (κ3) is 5.96. The zero-order valence-electron chi connectivity index (χ0n) is 17.3. The van der Waals surface area contributed by atoms with Crippen LogP contribution < -0.4 is 5.32 Å². The van der Waals surface area contributed by atoms with E-state index in [1.54, 1.807) is 6.92 Å². The van der Waals surface area contributed by atoms with Crippen LogP contribution in [-0.2, 0) is 22.6 Å². The van der Waals surface area contributed by atoms with Gasteiger partial charge in [0, 0.05) is 18.8 Å². The summed E-state index contributed by atoms with van der Waals surface area (Å²) < 4.78 is 10.8. The highest BCUT2D eigenvalue weighted by Gasteiger charge is 2.28. The van der Waals surface area contributed by atoms with Crippen molar-refractivity contribution in [2.75, 3.05) is 6.61 Å². The summed E-state index contributed by atoms with van der Waals surface area (Å²) in [7, 11) is 0. The SMILES string of the molecule is CCCOC(=O)c1[nH]c(CNCc2ccccc2)c(C(=O)OC(C)(C)C)c1C. The molecule has 6 nitrogen and oxygen atoms in total. The monoisotopic (exact) mass is 386 g/mol. The molecular weight excluding hydrogens is 356 g/mol. The molecule has 0 atom stereocenters. The molecule has 6 heteroatoms. The summed E-state index contributed by atoms with van der Waals surface area (Å²) in [5.41, 5.74) is 2.35. The van der Waals surface area contributed by atoms with Crippen molar-refractivity contribution in [2.45, 2.75) is 59.7 Å². The number of hydrogen-bond acceptors (Lipinski definition) is 5. The second-order valence-corrected chi connectivity index (χ2v) is 7.71. The molecule has 0 bridgehead atoms. The van der Waals surface area contributed by atoms with E-state index in [0.29, 0.717) is 42.2 Å². The van der Waals surface area contributed by atoms with E-state index < -0.39 is 17.5 Å². The van der Waals surface area contributed by atoms with Crippen molar-refractivity contribution >= 4 is 11.9 Å². The molecule has 0 aliphatic carbocycles. The number of H-pyrrole nitrogens is 1. The summed E-state index contributed by atoms with van der Waals surface area (Å²) in [5, 5.41) is 3.31. The molecule has 0 amide bonds. The Balaban J connectivity index is 2.24. The Hall–Kier alpha value is -2.60. The minimum Gasteiger partial charge on any atom is -0.461 e. The van der Waals surface area contributed by atoms with Gasteiger partial charge in [-0.15, -0.1) is 0 Å². The maximum Gasteiger partial charge on any atom is 0.355 e. The number of benzene rings is 1. The van der Waals surface area contributed by atoms with Gasteiger partial charge < -0.3 is 19.8 Å². The van der Waals surface area contributed by atoms with Gasteiger partial charge in [0.2, 0.25) is 0 Å². The van der Waals surface area contributed by atoms with Crippen molar-refractivity contribution < 1.29 is 19.1 Å². The molecule has 2 aromatic rings. The van der Waals surface area contributed by atoms with Crippen molar-refractivity contribution in [1.29, 1.82) is 0 Å². The van der Waals surface area contributed by atoms with Gasteiger partial charge in [-0.25, -0.2) is 9.59 Å². The first kappa shape index (κ1) is 21.7. The number of nitrogens with one attached hydrogen (secondary N) is 2.